The first kappa shape index (κ1) is 16.9. The summed E-state index contributed by atoms with van der Waals surface area (Å²) in [5, 5.41) is 2.74. The van der Waals surface area contributed by atoms with Crippen molar-refractivity contribution >= 4 is 24.0 Å². The lowest BCUT2D eigenvalue weighted by molar-refractivity contribution is -0.114. The Hall–Kier alpha value is -1.06. The highest BCUT2D eigenvalue weighted by molar-refractivity contribution is 5.88. The monoisotopic (exact) mass is 270 g/mol. The van der Waals surface area contributed by atoms with Gasteiger partial charge in [-0.1, -0.05) is 26.0 Å². The van der Waals surface area contributed by atoms with Gasteiger partial charge >= 0.3 is 0 Å². The fraction of sp³-hybridized carbons (Fsp3) is 0.500. The molecule has 1 aromatic carbocycles. The first-order chi connectivity index (χ1) is 7.99. The van der Waals surface area contributed by atoms with Crippen molar-refractivity contribution in [1.82, 2.24) is 0 Å². The van der Waals surface area contributed by atoms with Crippen molar-refractivity contribution in [3.05, 3.63) is 29.8 Å². The molecule has 4 heteroatoms. The number of amides is 1. The highest BCUT2D eigenvalue weighted by Gasteiger charge is 2.07. The Morgan fingerprint density at radius 2 is 1.78 bits per heavy atom. The minimum absolute atomic E-state index is 0. The lowest BCUT2D eigenvalue weighted by atomic mass is 9.98. The summed E-state index contributed by atoms with van der Waals surface area (Å²) in [4.78, 5) is 10.9. The average molecular weight is 271 g/mol. The number of nitrogens with one attached hydrogen (secondary N) is 1. The molecule has 1 amide bonds. The van der Waals surface area contributed by atoms with E-state index in [1.54, 1.807) is 0 Å². The molecule has 0 bridgehead atoms. The van der Waals surface area contributed by atoms with Crippen LogP contribution >= 0.6 is 12.4 Å². The molecule has 0 aliphatic heterocycles. The van der Waals surface area contributed by atoms with Crippen LogP contribution in [0.3, 0.4) is 0 Å². The summed E-state index contributed by atoms with van der Waals surface area (Å²) in [5.74, 6) is 0.626. The van der Waals surface area contributed by atoms with Gasteiger partial charge in [-0.3, -0.25) is 4.79 Å². The van der Waals surface area contributed by atoms with Gasteiger partial charge in [0.15, 0.2) is 0 Å². The fourth-order valence-electron chi connectivity index (χ4n) is 1.70. The van der Waals surface area contributed by atoms with Crippen LogP contribution in [0.2, 0.25) is 0 Å². The molecule has 1 aromatic rings. The van der Waals surface area contributed by atoms with Gasteiger partial charge in [-0.05, 0) is 36.5 Å². The van der Waals surface area contributed by atoms with E-state index in [1.807, 2.05) is 24.3 Å². The minimum Gasteiger partial charge on any atom is -0.326 e. The molecule has 0 saturated heterocycles. The van der Waals surface area contributed by atoms with Crippen molar-refractivity contribution in [1.29, 1.82) is 0 Å². The summed E-state index contributed by atoms with van der Waals surface area (Å²) in [6.07, 6.45) is 2.13. The van der Waals surface area contributed by atoms with Crippen LogP contribution in [0.1, 0.15) is 45.2 Å². The molecule has 0 aromatic heterocycles. The van der Waals surface area contributed by atoms with Gasteiger partial charge in [0.2, 0.25) is 5.91 Å². The largest absolute Gasteiger partial charge is 0.326 e. The lowest BCUT2D eigenvalue weighted by Crippen LogP contribution is -2.11. The van der Waals surface area contributed by atoms with Crippen LogP contribution in [0.4, 0.5) is 5.69 Å². The van der Waals surface area contributed by atoms with Gasteiger partial charge in [0.1, 0.15) is 0 Å². The Morgan fingerprint density at radius 3 is 2.22 bits per heavy atom. The Balaban J connectivity index is 0.00000289. The van der Waals surface area contributed by atoms with E-state index in [4.69, 9.17) is 5.73 Å². The summed E-state index contributed by atoms with van der Waals surface area (Å²) >= 11 is 0. The molecule has 0 saturated carbocycles. The van der Waals surface area contributed by atoms with Gasteiger partial charge in [-0.2, -0.15) is 0 Å². The SMILES string of the molecule is CC(=O)Nc1ccc([C@@H](N)CCC(C)C)cc1.Cl. The third-order valence-electron chi connectivity index (χ3n) is 2.71. The molecule has 102 valence electrons. The second-order valence-electron chi connectivity index (χ2n) is 4.88. The number of hydrogen-bond donors (Lipinski definition) is 2. The predicted octanol–water partition coefficient (Wildman–Crippen LogP) is 3.50. The van der Waals surface area contributed by atoms with E-state index < -0.39 is 0 Å². The molecule has 1 atom stereocenters. The number of carbonyl (C=O) groups excluding carboxylic acids is 1. The summed E-state index contributed by atoms with van der Waals surface area (Å²) in [5.41, 5.74) is 8.05. The van der Waals surface area contributed by atoms with Crippen molar-refractivity contribution < 1.29 is 4.79 Å². The number of nitrogens with two attached hydrogens (primary N) is 1. The Morgan fingerprint density at radius 1 is 1.22 bits per heavy atom. The van der Waals surface area contributed by atoms with Crippen LogP contribution in [-0.2, 0) is 4.79 Å². The van der Waals surface area contributed by atoms with Crippen molar-refractivity contribution in [2.45, 2.75) is 39.7 Å². The fourth-order valence-corrected chi connectivity index (χ4v) is 1.70. The predicted molar refractivity (Wildman–Crippen MR) is 79.0 cm³/mol. The van der Waals surface area contributed by atoms with Crippen LogP contribution in [0.15, 0.2) is 24.3 Å². The average Bonchev–Trinajstić information content (AvgIpc) is 2.26. The standard InChI is InChI=1S/C14H22N2O.ClH/c1-10(2)4-9-14(15)12-5-7-13(8-6-12)16-11(3)17;/h5-8,10,14H,4,9,15H2,1-3H3,(H,16,17);1H/t14-;/m0./s1. The van der Waals surface area contributed by atoms with Gasteiger partial charge in [0, 0.05) is 18.7 Å². The second-order valence-corrected chi connectivity index (χ2v) is 4.88. The Labute approximate surface area is 116 Å². The molecule has 0 heterocycles. The lowest BCUT2D eigenvalue weighted by Gasteiger charge is -2.14. The van der Waals surface area contributed by atoms with Gasteiger partial charge in [0.05, 0.1) is 0 Å². The first-order valence-corrected chi connectivity index (χ1v) is 6.12. The smallest absolute Gasteiger partial charge is 0.221 e. The van der Waals surface area contributed by atoms with Crippen LogP contribution in [0.25, 0.3) is 0 Å². The van der Waals surface area contributed by atoms with Crippen molar-refractivity contribution in [2.24, 2.45) is 11.7 Å². The van der Waals surface area contributed by atoms with Crippen molar-refractivity contribution in [3.8, 4) is 0 Å². The van der Waals surface area contributed by atoms with E-state index in [-0.39, 0.29) is 24.4 Å². The molecule has 0 unspecified atom stereocenters. The second kappa shape index (κ2) is 8.11. The number of benzene rings is 1. The van der Waals surface area contributed by atoms with Gasteiger partial charge in [-0.15, -0.1) is 12.4 Å². The molecular formula is C14H23ClN2O. The van der Waals surface area contributed by atoms with E-state index in [1.165, 1.54) is 6.92 Å². The summed E-state index contributed by atoms with van der Waals surface area (Å²) in [6.45, 7) is 5.90. The van der Waals surface area contributed by atoms with Crippen LogP contribution in [0.5, 0.6) is 0 Å². The van der Waals surface area contributed by atoms with Crippen molar-refractivity contribution in [3.63, 3.8) is 0 Å². The van der Waals surface area contributed by atoms with Gasteiger partial charge < -0.3 is 11.1 Å². The van der Waals surface area contributed by atoms with Crippen LogP contribution in [-0.4, -0.2) is 5.91 Å². The highest BCUT2D eigenvalue weighted by Crippen LogP contribution is 2.20. The maximum Gasteiger partial charge on any atom is 0.221 e. The number of hydrogen-bond acceptors (Lipinski definition) is 2. The normalized spacial score (nSPS) is 11.8. The molecule has 0 fully saturated rings. The zero-order valence-corrected chi connectivity index (χ0v) is 12.1. The van der Waals surface area contributed by atoms with Gasteiger partial charge in [0.25, 0.3) is 0 Å². The summed E-state index contributed by atoms with van der Waals surface area (Å²) in [6, 6.07) is 7.84. The number of anilines is 1. The molecule has 1 rings (SSSR count). The summed E-state index contributed by atoms with van der Waals surface area (Å²) < 4.78 is 0. The molecule has 18 heavy (non-hydrogen) atoms. The van der Waals surface area contributed by atoms with Gasteiger partial charge in [-0.25, -0.2) is 0 Å². The van der Waals surface area contributed by atoms with Crippen molar-refractivity contribution in [2.75, 3.05) is 5.32 Å². The van der Waals surface area contributed by atoms with E-state index in [9.17, 15) is 4.79 Å². The third kappa shape index (κ3) is 6.03. The summed E-state index contributed by atoms with van der Waals surface area (Å²) in [7, 11) is 0. The zero-order chi connectivity index (χ0) is 12.8. The Bertz CT molecular complexity index is 363. The minimum atomic E-state index is -0.0538. The molecule has 0 spiro atoms. The number of carbonyl (C=O) groups is 1. The molecule has 0 aliphatic carbocycles. The number of halogens is 1. The molecule has 0 aliphatic rings. The zero-order valence-electron chi connectivity index (χ0n) is 11.3. The van der Waals surface area contributed by atoms with E-state index in [0.29, 0.717) is 5.92 Å². The Kier molecular flexibility index (Phi) is 7.64. The van der Waals surface area contributed by atoms with Crippen LogP contribution < -0.4 is 11.1 Å². The maximum atomic E-state index is 10.9. The molecule has 3 N–H and O–H groups in total. The molecule has 0 radical (unpaired) electrons. The quantitative estimate of drug-likeness (QED) is 0.860. The topological polar surface area (TPSA) is 55.1 Å². The molecular weight excluding hydrogens is 248 g/mol. The highest BCUT2D eigenvalue weighted by atomic mass is 35.5. The third-order valence-corrected chi connectivity index (χ3v) is 2.71. The van der Waals surface area contributed by atoms with E-state index in [2.05, 4.69) is 19.2 Å². The maximum absolute atomic E-state index is 10.9. The first-order valence-electron chi connectivity index (χ1n) is 6.12. The van der Waals surface area contributed by atoms with Crippen LogP contribution in [0, 0.1) is 5.92 Å². The van der Waals surface area contributed by atoms with E-state index >= 15 is 0 Å². The molecule has 3 nitrogen and oxygen atoms in total. The van der Waals surface area contributed by atoms with E-state index in [0.717, 1.165) is 24.1 Å². The number of rotatable bonds is 5.